The van der Waals surface area contributed by atoms with Crippen molar-refractivity contribution in [2.75, 3.05) is 26.0 Å². The van der Waals surface area contributed by atoms with Crippen LogP contribution >= 0.6 is 0 Å². The van der Waals surface area contributed by atoms with E-state index < -0.39 is 12.0 Å². The Morgan fingerprint density at radius 1 is 1.40 bits per heavy atom. The summed E-state index contributed by atoms with van der Waals surface area (Å²) in [5, 5.41) is 11.8. The molecule has 25 heavy (non-hydrogen) atoms. The van der Waals surface area contributed by atoms with E-state index in [0.29, 0.717) is 36.9 Å². The third kappa shape index (κ3) is 4.47. The van der Waals surface area contributed by atoms with Crippen LogP contribution in [0.4, 0.5) is 5.82 Å². The summed E-state index contributed by atoms with van der Waals surface area (Å²) in [6.45, 7) is 4.94. The minimum absolute atomic E-state index is 0.189. The average Bonchev–Trinajstić information content (AvgIpc) is 2.93. The van der Waals surface area contributed by atoms with Gasteiger partial charge in [0.1, 0.15) is 6.04 Å². The summed E-state index contributed by atoms with van der Waals surface area (Å²) in [6.07, 6.45) is 1.89. The van der Waals surface area contributed by atoms with Crippen LogP contribution < -0.4 is 20.5 Å². The van der Waals surface area contributed by atoms with Gasteiger partial charge in [-0.25, -0.2) is 0 Å². The van der Waals surface area contributed by atoms with Gasteiger partial charge in [-0.15, -0.1) is 0 Å². The minimum atomic E-state index is -0.916. The fraction of sp³-hybridized carbons (Fsp3) is 0.600. The van der Waals surface area contributed by atoms with E-state index in [4.69, 9.17) is 20.3 Å². The second-order valence-corrected chi connectivity index (χ2v) is 5.53. The fourth-order valence-electron chi connectivity index (χ4n) is 2.19. The second kappa shape index (κ2) is 8.47. The largest absolute Gasteiger partial charge is 0.480 e. The van der Waals surface area contributed by atoms with Gasteiger partial charge in [0.25, 0.3) is 6.01 Å². The lowest BCUT2D eigenvalue weighted by Crippen LogP contribution is -2.35. The lowest BCUT2D eigenvalue weighted by atomic mass is 10.3. The molecule has 0 aromatic carbocycles. The molecule has 0 unspecified atom stereocenters. The molecule has 0 saturated carbocycles. The molecule has 2 aromatic rings. The lowest BCUT2D eigenvalue weighted by Gasteiger charge is -2.11. The molecular weight excluding hydrogens is 328 g/mol. The molecule has 2 aromatic heterocycles. The first-order valence-electron chi connectivity index (χ1n) is 8.14. The zero-order chi connectivity index (χ0) is 18.4. The van der Waals surface area contributed by atoms with Gasteiger partial charge in [-0.05, 0) is 13.3 Å². The molecule has 0 fully saturated rings. The zero-order valence-electron chi connectivity index (χ0n) is 14.7. The van der Waals surface area contributed by atoms with Crippen LogP contribution in [0.15, 0.2) is 0 Å². The molecule has 2 heterocycles. The zero-order valence-corrected chi connectivity index (χ0v) is 14.7. The third-order valence-electron chi connectivity index (χ3n) is 3.63. The van der Waals surface area contributed by atoms with Crippen molar-refractivity contribution in [2.24, 2.45) is 0 Å². The number of anilines is 1. The van der Waals surface area contributed by atoms with E-state index >= 15 is 0 Å². The van der Waals surface area contributed by atoms with E-state index in [9.17, 15) is 4.79 Å². The number of nitrogens with one attached hydrogen (secondary N) is 1. The number of unbranched alkanes of at least 4 members (excludes halogenated alkanes) is 1. The Labute approximate surface area is 145 Å². The molecule has 0 bridgehead atoms. The van der Waals surface area contributed by atoms with Crippen molar-refractivity contribution in [3.63, 3.8) is 0 Å². The molecule has 0 spiro atoms. The van der Waals surface area contributed by atoms with E-state index in [1.165, 1.54) is 7.11 Å². The van der Waals surface area contributed by atoms with E-state index in [-0.39, 0.29) is 11.8 Å². The molecule has 0 aliphatic carbocycles. The average molecular weight is 352 g/mol. The number of carbonyl (C=O) groups is 1. The number of fused-ring (bicyclic) bond motifs is 1. The maximum atomic E-state index is 10.9. The van der Waals surface area contributed by atoms with Gasteiger partial charge >= 0.3 is 12.0 Å². The summed E-state index contributed by atoms with van der Waals surface area (Å²) in [5.41, 5.74) is 6.87. The number of nitrogens with two attached hydrogens (primary N) is 1. The highest BCUT2D eigenvalue weighted by Crippen LogP contribution is 2.25. The molecule has 0 radical (unpaired) electrons. The summed E-state index contributed by atoms with van der Waals surface area (Å²) in [4.78, 5) is 23.7. The maximum Gasteiger partial charge on any atom is 0.320 e. The number of carboxylic acid groups (broad SMARTS) is 1. The Kier molecular flexibility index (Phi) is 6.34. The van der Waals surface area contributed by atoms with Crippen molar-refractivity contribution in [3.8, 4) is 12.0 Å². The molecule has 10 heteroatoms. The SMILES string of the molecule is CCCCOc1nc(N)c2nc(OC)n(CCN[C@@H](C)C(=O)O)c2n1. The van der Waals surface area contributed by atoms with Crippen molar-refractivity contribution in [3.05, 3.63) is 0 Å². The molecule has 2 rings (SSSR count). The molecule has 0 aliphatic rings. The predicted molar refractivity (Wildman–Crippen MR) is 91.8 cm³/mol. The number of hydrogen-bond acceptors (Lipinski definition) is 8. The van der Waals surface area contributed by atoms with Gasteiger partial charge in [-0.1, -0.05) is 13.3 Å². The minimum Gasteiger partial charge on any atom is -0.480 e. The Hall–Kier alpha value is -2.62. The number of nitrogen functional groups attached to an aromatic ring is 1. The number of ether oxygens (including phenoxy) is 2. The van der Waals surface area contributed by atoms with Crippen LogP contribution in [0.25, 0.3) is 11.2 Å². The van der Waals surface area contributed by atoms with E-state index in [1.54, 1.807) is 11.5 Å². The molecular formula is C15H24N6O4. The summed E-state index contributed by atoms with van der Waals surface area (Å²) < 4.78 is 12.5. The van der Waals surface area contributed by atoms with Crippen LogP contribution in [0.5, 0.6) is 12.0 Å². The normalized spacial score (nSPS) is 12.3. The highest BCUT2D eigenvalue weighted by molar-refractivity contribution is 5.83. The van der Waals surface area contributed by atoms with E-state index in [2.05, 4.69) is 27.2 Å². The summed E-state index contributed by atoms with van der Waals surface area (Å²) in [5.74, 6) is -0.707. The van der Waals surface area contributed by atoms with Crippen molar-refractivity contribution >= 4 is 23.0 Å². The molecule has 138 valence electrons. The Balaban J connectivity index is 2.25. The number of nitrogens with zero attached hydrogens (tertiary/aromatic N) is 4. The number of hydrogen-bond donors (Lipinski definition) is 3. The van der Waals surface area contributed by atoms with Crippen LogP contribution in [-0.2, 0) is 11.3 Å². The van der Waals surface area contributed by atoms with Crippen molar-refractivity contribution in [2.45, 2.75) is 39.3 Å². The molecule has 4 N–H and O–H groups in total. The molecule has 0 amide bonds. The third-order valence-corrected chi connectivity index (χ3v) is 3.63. The maximum absolute atomic E-state index is 10.9. The quantitative estimate of drug-likeness (QED) is 0.526. The first-order valence-corrected chi connectivity index (χ1v) is 8.14. The topological polar surface area (TPSA) is 137 Å². The van der Waals surface area contributed by atoms with Gasteiger partial charge < -0.3 is 25.6 Å². The van der Waals surface area contributed by atoms with Gasteiger partial charge in [0, 0.05) is 13.1 Å². The molecule has 1 atom stereocenters. The van der Waals surface area contributed by atoms with Gasteiger partial charge in [0.05, 0.1) is 13.7 Å². The van der Waals surface area contributed by atoms with Gasteiger partial charge in [0.15, 0.2) is 17.0 Å². The highest BCUT2D eigenvalue weighted by Gasteiger charge is 2.18. The Morgan fingerprint density at radius 3 is 2.80 bits per heavy atom. The Bertz CT molecular complexity index is 732. The number of aliphatic carboxylic acids is 1. The molecule has 10 nitrogen and oxygen atoms in total. The first kappa shape index (κ1) is 18.7. The smallest absolute Gasteiger partial charge is 0.320 e. The standard InChI is InChI=1S/C15H24N6O4/c1-4-5-8-25-14-19-11(16)10-12(20-14)21(15(18-10)24-3)7-6-17-9(2)13(22)23/h9,17H,4-8H2,1-3H3,(H,22,23)(H2,16,19,20)/t9-/m0/s1. The number of imidazole rings is 1. The molecule has 0 aliphatic heterocycles. The molecule has 0 saturated heterocycles. The summed E-state index contributed by atoms with van der Waals surface area (Å²) in [6, 6.07) is -0.144. The number of rotatable bonds is 10. The van der Waals surface area contributed by atoms with Crippen LogP contribution in [0, 0.1) is 0 Å². The summed E-state index contributed by atoms with van der Waals surface area (Å²) in [7, 11) is 1.49. The van der Waals surface area contributed by atoms with Crippen LogP contribution in [0.3, 0.4) is 0 Å². The van der Waals surface area contributed by atoms with Crippen LogP contribution in [0.1, 0.15) is 26.7 Å². The van der Waals surface area contributed by atoms with Gasteiger partial charge in [-0.2, -0.15) is 15.0 Å². The van der Waals surface area contributed by atoms with Crippen molar-refractivity contribution < 1.29 is 19.4 Å². The van der Waals surface area contributed by atoms with E-state index in [1.807, 2.05) is 0 Å². The predicted octanol–water partition coefficient (Wildman–Crippen LogP) is 0.659. The van der Waals surface area contributed by atoms with Gasteiger partial charge in [-0.3, -0.25) is 9.36 Å². The van der Waals surface area contributed by atoms with Crippen LogP contribution in [0.2, 0.25) is 0 Å². The fourth-order valence-corrected chi connectivity index (χ4v) is 2.19. The first-order chi connectivity index (χ1) is 12.0. The van der Waals surface area contributed by atoms with E-state index in [0.717, 1.165) is 12.8 Å². The lowest BCUT2D eigenvalue weighted by molar-refractivity contribution is -0.138. The van der Waals surface area contributed by atoms with Crippen molar-refractivity contribution in [1.29, 1.82) is 0 Å². The monoisotopic (exact) mass is 352 g/mol. The van der Waals surface area contributed by atoms with Gasteiger partial charge in [0.2, 0.25) is 0 Å². The number of aromatic nitrogens is 4. The number of methoxy groups -OCH3 is 1. The number of carboxylic acids is 1. The highest BCUT2D eigenvalue weighted by atomic mass is 16.5. The Morgan fingerprint density at radius 2 is 2.16 bits per heavy atom. The second-order valence-electron chi connectivity index (χ2n) is 5.53. The summed E-state index contributed by atoms with van der Waals surface area (Å²) >= 11 is 0. The van der Waals surface area contributed by atoms with Crippen molar-refractivity contribution in [1.82, 2.24) is 24.8 Å². The van der Waals surface area contributed by atoms with Crippen LogP contribution in [-0.4, -0.2) is 56.9 Å².